The molecular formula is C46H56N8O7. The molecule has 3 amide bonds. The number of nitrogens with one attached hydrogen (secondary N) is 4. The Labute approximate surface area is 355 Å². The molecule has 3 aliphatic heterocycles. The minimum absolute atomic E-state index is 0.00491. The predicted molar refractivity (Wildman–Crippen MR) is 231 cm³/mol. The van der Waals surface area contributed by atoms with Crippen molar-refractivity contribution in [2.45, 2.75) is 96.8 Å². The van der Waals surface area contributed by atoms with Crippen molar-refractivity contribution in [3.05, 3.63) is 78.3 Å². The molecule has 15 heteroatoms. The van der Waals surface area contributed by atoms with Gasteiger partial charge in [0.1, 0.15) is 36.1 Å². The average molecular weight is 833 g/mol. The monoisotopic (exact) mass is 832 g/mol. The van der Waals surface area contributed by atoms with Crippen LogP contribution in [0.15, 0.2) is 61.1 Å². The van der Waals surface area contributed by atoms with E-state index in [1.165, 1.54) is 14.2 Å². The molecule has 1 unspecified atom stereocenters. The van der Waals surface area contributed by atoms with E-state index in [9.17, 15) is 14.4 Å². The van der Waals surface area contributed by atoms with E-state index >= 15 is 0 Å². The second kappa shape index (κ2) is 16.8. The number of nitrogens with zero attached hydrogens (tertiary/aromatic N) is 4. The largest absolute Gasteiger partial charge is 0.488 e. The fourth-order valence-electron chi connectivity index (χ4n) is 9.24. The lowest BCUT2D eigenvalue weighted by molar-refractivity contribution is -0.138. The van der Waals surface area contributed by atoms with Crippen LogP contribution in [0.3, 0.4) is 0 Å². The Bertz CT molecular complexity index is 2490. The van der Waals surface area contributed by atoms with Crippen LogP contribution in [-0.4, -0.2) is 99.7 Å². The number of hydrogen-bond donors (Lipinski definition) is 4. The first-order valence-corrected chi connectivity index (χ1v) is 21.1. The maximum Gasteiger partial charge on any atom is 0.407 e. The highest BCUT2D eigenvalue weighted by Gasteiger charge is 2.42. The molecule has 2 fully saturated rings. The summed E-state index contributed by atoms with van der Waals surface area (Å²) in [5, 5.41) is 7.84. The van der Waals surface area contributed by atoms with Gasteiger partial charge in [0.2, 0.25) is 11.8 Å². The molecule has 61 heavy (non-hydrogen) atoms. The molecule has 8 rings (SSSR count). The third-order valence-corrected chi connectivity index (χ3v) is 12.7. The highest BCUT2D eigenvalue weighted by Crippen LogP contribution is 2.44. The lowest BCUT2D eigenvalue weighted by atomic mass is 9.92. The number of aromatic amines is 2. The molecule has 2 saturated heterocycles. The SMILES string of the molecule is C=C(NC(C(=O)N1[C@@H](C)CC[C@H]1c1nc2c(ccc3cc4c(cc32)OCc2cc(-c3cnc([C@@H]5C[C@H](C)CN5C(=O)[C@@H](NC(=O)OC)[C@@H](C)OC)[nH]3)ccc2-4)[nH]1)C(C)C)OC. The van der Waals surface area contributed by atoms with Gasteiger partial charge in [0, 0.05) is 30.6 Å². The number of rotatable bonds is 12. The van der Waals surface area contributed by atoms with E-state index in [1.54, 1.807) is 25.1 Å². The number of imidazole rings is 2. The van der Waals surface area contributed by atoms with Crippen LogP contribution in [0.2, 0.25) is 0 Å². The van der Waals surface area contributed by atoms with Crippen molar-refractivity contribution in [2.75, 3.05) is 27.9 Å². The third-order valence-electron chi connectivity index (χ3n) is 12.7. The molecule has 7 atom stereocenters. The van der Waals surface area contributed by atoms with Gasteiger partial charge in [-0.3, -0.25) is 9.59 Å². The number of amides is 3. The topological polar surface area (TPSA) is 176 Å². The summed E-state index contributed by atoms with van der Waals surface area (Å²) < 4.78 is 22.0. The summed E-state index contributed by atoms with van der Waals surface area (Å²) in [7, 11) is 4.31. The maximum absolute atomic E-state index is 14.1. The van der Waals surface area contributed by atoms with Crippen molar-refractivity contribution in [1.82, 2.24) is 40.4 Å². The zero-order valence-electron chi connectivity index (χ0n) is 36.1. The first-order chi connectivity index (χ1) is 29.3. The Morgan fingerprint density at radius 2 is 1.70 bits per heavy atom. The van der Waals surface area contributed by atoms with Gasteiger partial charge in [-0.1, -0.05) is 39.0 Å². The van der Waals surface area contributed by atoms with Crippen molar-refractivity contribution in [2.24, 2.45) is 11.8 Å². The highest BCUT2D eigenvalue weighted by molar-refractivity contribution is 6.07. The smallest absolute Gasteiger partial charge is 0.407 e. The molecule has 0 saturated carbocycles. The Morgan fingerprint density at radius 1 is 0.902 bits per heavy atom. The van der Waals surface area contributed by atoms with Crippen LogP contribution in [0.5, 0.6) is 5.75 Å². The van der Waals surface area contributed by atoms with E-state index in [1.807, 2.05) is 18.7 Å². The Hall–Kier alpha value is -6.09. The van der Waals surface area contributed by atoms with E-state index in [2.05, 4.69) is 83.5 Å². The summed E-state index contributed by atoms with van der Waals surface area (Å²) in [5.41, 5.74) is 6.66. The molecule has 0 aliphatic carbocycles. The van der Waals surface area contributed by atoms with Gasteiger partial charge in [0.25, 0.3) is 0 Å². The van der Waals surface area contributed by atoms with Crippen LogP contribution < -0.4 is 15.4 Å². The molecule has 5 aromatic rings. The molecule has 0 radical (unpaired) electrons. The number of ether oxygens (including phenoxy) is 4. The highest BCUT2D eigenvalue weighted by atomic mass is 16.5. The van der Waals surface area contributed by atoms with Crippen LogP contribution in [-0.2, 0) is 30.4 Å². The van der Waals surface area contributed by atoms with Crippen molar-refractivity contribution < 1.29 is 33.3 Å². The van der Waals surface area contributed by atoms with Crippen LogP contribution in [0.25, 0.3) is 44.2 Å². The second-order valence-corrected chi connectivity index (χ2v) is 17.1. The number of likely N-dealkylation sites (tertiary alicyclic amines) is 2. The number of fused-ring (bicyclic) bond motifs is 6. The Kier molecular flexibility index (Phi) is 11.4. The minimum Gasteiger partial charge on any atom is -0.488 e. The summed E-state index contributed by atoms with van der Waals surface area (Å²) in [5.74, 6) is 2.61. The lowest BCUT2D eigenvalue weighted by Gasteiger charge is -2.33. The minimum atomic E-state index is -0.916. The number of H-pyrrole nitrogens is 2. The molecule has 322 valence electrons. The van der Waals surface area contributed by atoms with Gasteiger partial charge in [0.05, 0.1) is 55.3 Å². The van der Waals surface area contributed by atoms with Crippen molar-refractivity contribution in [1.29, 1.82) is 0 Å². The van der Waals surface area contributed by atoms with Gasteiger partial charge >= 0.3 is 6.09 Å². The van der Waals surface area contributed by atoms with Gasteiger partial charge in [0.15, 0.2) is 5.88 Å². The summed E-state index contributed by atoms with van der Waals surface area (Å²) in [6.07, 6.45) is 2.94. The quantitative estimate of drug-likeness (QED) is 0.0948. The lowest BCUT2D eigenvalue weighted by Crippen LogP contribution is -2.54. The molecule has 2 aromatic heterocycles. The summed E-state index contributed by atoms with van der Waals surface area (Å²) in [4.78, 5) is 60.8. The zero-order valence-corrected chi connectivity index (χ0v) is 36.1. The van der Waals surface area contributed by atoms with Crippen LogP contribution in [0.4, 0.5) is 4.79 Å². The number of carbonyl (C=O) groups is 3. The summed E-state index contributed by atoms with van der Waals surface area (Å²) >= 11 is 0. The molecule has 5 heterocycles. The molecule has 3 aliphatic rings. The zero-order chi connectivity index (χ0) is 43.3. The van der Waals surface area contributed by atoms with E-state index in [-0.39, 0.29) is 41.8 Å². The van der Waals surface area contributed by atoms with E-state index < -0.39 is 24.3 Å². The molecule has 0 spiro atoms. The van der Waals surface area contributed by atoms with E-state index in [0.717, 1.165) is 80.6 Å². The second-order valence-electron chi connectivity index (χ2n) is 17.1. The number of alkyl carbamates (subject to hydrolysis) is 1. The van der Waals surface area contributed by atoms with Gasteiger partial charge in [-0.2, -0.15) is 0 Å². The molecule has 15 nitrogen and oxygen atoms in total. The normalized spacial score (nSPS) is 21.1. The standard InChI is InChI=1S/C46H56N8O7/c1-23(2)39(48-27(6)59-8)45(56)54-25(4)10-15-36(54)43-49-34-14-12-28-18-33-31-13-11-29(17-30(31)22-61-38(33)19-32(28)41(34)51-43)35-20-47-42(50-35)37-16-24(3)21-53(37)44(55)40(26(5)58-7)52-46(57)60-9/h11-14,17-20,23-26,36-37,39-40,48H,6,10,15-16,21-22H2,1-5,7-9H3,(H,47,50)(H,49,51)(H,52,57)/t24-,25-,26+,36-,37-,39?,40-/m0/s1. The summed E-state index contributed by atoms with van der Waals surface area (Å²) in [6.45, 7) is 14.8. The van der Waals surface area contributed by atoms with Crippen LogP contribution in [0.1, 0.15) is 83.2 Å². The molecule has 0 bridgehead atoms. The first kappa shape index (κ1) is 41.6. The van der Waals surface area contributed by atoms with Crippen molar-refractivity contribution >= 4 is 39.7 Å². The van der Waals surface area contributed by atoms with Gasteiger partial charge in [-0.05, 0) is 97.9 Å². The first-order valence-electron chi connectivity index (χ1n) is 21.1. The maximum atomic E-state index is 14.1. The van der Waals surface area contributed by atoms with Gasteiger partial charge < -0.3 is 49.3 Å². The van der Waals surface area contributed by atoms with Gasteiger partial charge in [-0.25, -0.2) is 14.8 Å². The van der Waals surface area contributed by atoms with Crippen molar-refractivity contribution in [3.8, 4) is 28.1 Å². The van der Waals surface area contributed by atoms with E-state index in [4.69, 9.17) is 28.9 Å². The number of carbonyl (C=O) groups excluding carboxylic acids is 3. The fraction of sp³-hybridized carbons (Fsp3) is 0.457. The molecule has 4 N–H and O–H groups in total. The number of methoxy groups -OCH3 is 3. The molecular weight excluding hydrogens is 777 g/mol. The van der Waals surface area contributed by atoms with Crippen LogP contribution in [0, 0.1) is 11.8 Å². The van der Waals surface area contributed by atoms with Gasteiger partial charge in [-0.15, -0.1) is 0 Å². The fourth-order valence-corrected chi connectivity index (χ4v) is 9.24. The number of aromatic nitrogens is 4. The Balaban J connectivity index is 1.04. The Morgan fingerprint density at radius 3 is 2.44 bits per heavy atom. The van der Waals surface area contributed by atoms with Crippen LogP contribution >= 0.6 is 0 Å². The summed E-state index contributed by atoms with van der Waals surface area (Å²) in [6, 6.07) is 12.9. The van der Waals surface area contributed by atoms with Crippen molar-refractivity contribution in [3.63, 3.8) is 0 Å². The van der Waals surface area contributed by atoms with E-state index in [0.29, 0.717) is 24.9 Å². The average Bonchev–Trinajstić information content (AvgIpc) is 4.08. The number of benzene rings is 3. The number of hydrogen-bond acceptors (Lipinski definition) is 10. The predicted octanol–water partition coefficient (Wildman–Crippen LogP) is 7.12. The molecule has 3 aromatic carbocycles. The third kappa shape index (κ3) is 7.75.